The van der Waals surface area contributed by atoms with E-state index in [1.54, 1.807) is 28.2 Å². The first kappa shape index (κ1) is 17.4. The lowest BCUT2D eigenvalue weighted by Crippen LogP contribution is -2.35. The van der Waals surface area contributed by atoms with Crippen LogP contribution in [0, 0.1) is 5.92 Å². The largest absolute Gasteiger partial charge is 0.444 e. The second kappa shape index (κ2) is 6.82. The van der Waals surface area contributed by atoms with E-state index < -0.39 is 5.60 Å². The van der Waals surface area contributed by atoms with E-state index in [0.29, 0.717) is 12.5 Å². The van der Waals surface area contributed by atoms with Crippen LogP contribution in [-0.2, 0) is 18.2 Å². The maximum Gasteiger partial charge on any atom is 0.410 e. The molecule has 2 aromatic rings. The average molecular weight is 343 g/mol. The van der Waals surface area contributed by atoms with Gasteiger partial charge in [-0.3, -0.25) is 14.6 Å². The summed E-state index contributed by atoms with van der Waals surface area (Å²) in [5.41, 5.74) is 2.32. The lowest BCUT2D eigenvalue weighted by atomic mass is 10.00. The van der Waals surface area contributed by atoms with Crippen molar-refractivity contribution in [3.63, 3.8) is 0 Å². The highest BCUT2D eigenvalue weighted by Crippen LogP contribution is 2.26. The van der Waals surface area contributed by atoms with Gasteiger partial charge in [-0.1, -0.05) is 0 Å². The Morgan fingerprint density at radius 1 is 1.32 bits per heavy atom. The maximum absolute atomic E-state index is 12.2. The van der Waals surface area contributed by atoms with Gasteiger partial charge in [0.15, 0.2) is 0 Å². The summed E-state index contributed by atoms with van der Waals surface area (Å²) in [7, 11) is 1.88. The molecule has 1 amide bonds. The van der Waals surface area contributed by atoms with Crippen LogP contribution in [0.15, 0.2) is 24.8 Å². The lowest BCUT2D eigenvalue weighted by molar-refractivity contribution is 0.0288. The van der Waals surface area contributed by atoms with Crippen LogP contribution < -0.4 is 0 Å². The van der Waals surface area contributed by atoms with E-state index in [1.165, 1.54) is 0 Å². The second-order valence-electron chi connectivity index (χ2n) is 7.54. The number of nitrogens with zero attached hydrogens (tertiary/aromatic N) is 5. The van der Waals surface area contributed by atoms with Gasteiger partial charge in [0, 0.05) is 44.3 Å². The van der Waals surface area contributed by atoms with E-state index in [1.807, 2.05) is 34.0 Å². The first-order valence-electron chi connectivity index (χ1n) is 8.58. The number of ether oxygens (including phenoxy) is 1. The van der Waals surface area contributed by atoms with Crippen LogP contribution in [-0.4, -0.2) is 49.4 Å². The molecule has 1 aliphatic heterocycles. The highest BCUT2D eigenvalue weighted by molar-refractivity contribution is 5.68. The molecule has 0 aromatic carbocycles. The number of rotatable bonds is 3. The summed E-state index contributed by atoms with van der Waals surface area (Å²) in [6.07, 6.45) is 8.66. The summed E-state index contributed by atoms with van der Waals surface area (Å²) < 4.78 is 7.22. The van der Waals surface area contributed by atoms with Crippen LogP contribution in [0.2, 0.25) is 0 Å². The van der Waals surface area contributed by atoms with E-state index in [0.717, 1.165) is 36.3 Å². The molecule has 25 heavy (non-hydrogen) atoms. The summed E-state index contributed by atoms with van der Waals surface area (Å²) in [5.74, 6) is 0.361. The summed E-state index contributed by atoms with van der Waals surface area (Å²) in [4.78, 5) is 23.0. The van der Waals surface area contributed by atoms with Gasteiger partial charge in [-0.05, 0) is 39.5 Å². The Bertz CT molecular complexity index is 750. The van der Waals surface area contributed by atoms with Crippen LogP contribution in [0.25, 0.3) is 11.3 Å². The number of carbonyl (C=O) groups is 1. The third-order valence-electron chi connectivity index (χ3n) is 4.17. The van der Waals surface area contributed by atoms with Gasteiger partial charge >= 0.3 is 6.09 Å². The van der Waals surface area contributed by atoms with Gasteiger partial charge < -0.3 is 9.64 Å². The van der Waals surface area contributed by atoms with Crippen LogP contribution in [0.3, 0.4) is 0 Å². The van der Waals surface area contributed by atoms with E-state index >= 15 is 0 Å². The Kier molecular flexibility index (Phi) is 4.74. The number of hydrogen-bond donors (Lipinski definition) is 0. The van der Waals surface area contributed by atoms with E-state index in [4.69, 9.17) is 4.74 Å². The molecule has 7 heteroatoms. The summed E-state index contributed by atoms with van der Waals surface area (Å²) in [6.45, 7) is 7.08. The minimum Gasteiger partial charge on any atom is -0.444 e. The number of amides is 1. The number of aromatic nitrogens is 4. The van der Waals surface area contributed by atoms with E-state index in [9.17, 15) is 4.79 Å². The SMILES string of the molecule is Cn1cc(-c2nccnc2CC2CCN(C(=O)OC(C)(C)C)C2)cn1. The van der Waals surface area contributed by atoms with Crippen molar-refractivity contribution < 1.29 is 9.53 Å². The number of hydrogen-bond acceptors (Lipinski definition) is 5. The molecule has 0 N–H and O–H groups in total. The van der Waals surface area contributed by atoms with Crippen molar-refractivity contribution in [2.45, 2.75) is 39.2 Å². The maximum atomic E-state index is 12.2. The molecule has 0 saturated carbocycles. The van der Waals surface area contributed by atoms with Crippen LogP contribution >= 0.6 is 0 Å². The molecule has 0 bridgehead atoms. The zero-order valence-corrected chi connectivity index (χ0v) is 15.3. The predicted molar refractivity (Wildman–Crippen MR) is 93.9 cm³/mol. The van der Waals surface area contributed by atoms with Gasteiger partial charge in [0.05, 0.1) is 17.6 Å². The van der Waals surface area contributed by atoms with E-state index in [-0.39, 0.29) is 6.09 Å². The van der Waals surface area contributed by atoms with Gasteiger partial charge in [0.25, 0.3) is 0 Å². The fourth-order valence-electron chi connectivity index (χ4n) is 3.07. The van der Waals surface area contributed by atoms with Gasteiger partial charge in [-0.25, -0.2) is 4.79 Å². The summed E-state index contributed by atoms with van der Waals surface area (Å²) >= 11 is 0. The number of likely N-dealkylation sites (tertiary alicyclic amines) is 1. The Labute approximate surface area is 148 Å². The van der Waals surface area contributed by atoms with Crippen molar-refractivity contribution in [3.05, 3.63) is 30.5 Å². The standard InChI is InChI=1S/C18H25N5O2/c1-18(2,3)25-17(24)23-8-5-13(11-23)9-15-16(20-7-6-19-15)14-10-21-22(4)12-14/h6-7,10,12-13H,5,8-9,11H2,1-4H3. The third-order valence-corrected chi connectivity index (χ3v) is 4.17. The minimum atomic E-state index is -0.465. The monoisotopic (exact) mass is 343 g/mol. The number of aryl methyl sites for hydroxylation is 1. The molecule has 2 aromatic heterocycles. The molecule has 1 saturated heterocycles. The minimum absolute atomic E-state index is 0.235. The first-order valence-corrected chi connectivity index (χ1v) is 8.58. The second-order valence-corrected chi connectivity index (χ2v) is 7.54. The molecule has 134 valence electrons. The van der Waals surface area contributed by atoms with E-state index in [2.05, 4.69) is 15.1 Å². The highest BCUT2D eigenvalue weighted by atomic mass is 16.6. The summed E-state index contributed by atoms with van der Waals surface area (Å²) in [6, 6.07) is 0. The van der Waals surface area contributed by atoms with Crippen molar-refractivity contribution in [2.24, 2.45) is 13.0 Å². The van der Waals surface area contributed by atoms with Crippen molar-refractivity contribution in [1.82, 2.24) is 24.6 Å². The molecule has 1 aliphatic rings. The Balaban J connectivity index is 1.67. The molecule has 1 unspecified atom stereocenters. The zero-order chi connectivity index (χ0) is 18.0. The molecular weight excluding hydrogens is 318 g/mol. The molecule has 0 radical (unpaired) electrons. The van der Waals surface area contributed by atoms with Crippen LogP contribution in [0.1, 0.15) is 32.9 Å². The third kappa shape index (κ3) is 4.35. The molecule has 1 fully saturated rings. The molecule has 0 spiro atoms. The highest BCUT2D eigenvalue weighted by Gasteiger charge is 2.30. The normalized spacial score (nSPS) is 17.8. The lowest BCUT2D eigenvalue weighted by Gasteiger charge is -2.24. The zero-order valence-electron chi connectivity index (χ0n) is 15.3. The molecular formula is C18H25N5O2. The first-order chi connectivity index (χ1) is 11.8. The van der Waals surface area contributed by atoms with Crippen molar-refractivity contribution >= 4 is 6.09 Å². The predicted octanol–water partition coefficient (Wildman–Crippen LogP) is 2.68. The quantitative estimate of drug-likeness (QED) is 0.857. The van der Waals surface area contributed by atoms with Gasteiger partial charge in [0.1, 0.15) is 5.60 Å². The van der Waals surface area contributed by atoms with Crippen LogP contribution in [0.4, 0.5) is 4.79 Å². The molecule has 7 nitrogen and oxygen atoms in total. The average Bonchev–Trinajstić information content (AvgIpc) is 3.15. The topological polar surface area (TPSA) is 73.1 Å². The molecule has 3 heterocycles. The van der Waals surface area contributed by atoms with Gasteiger partial charge in [0.2, 0.25) is 0 Å². The molecule has 0 aliphatic carbocycles. The molecule has 1 atom stereocenters. The van der Waals surface area contributed by atoms with Gasteiger partial charge in [-0.2, -0.15) is 5.10 Å². The van der Waals surface area contributed by atoms with Crippen LogP contribution in [0.5, 0.6) is 0 Å². The van der Waals surface area contributed by atoms with Crippen molar-refractivity contribution in [3.8, 4) is 11.3 Å². The summed E-state index contributed by atoms with van der Waals surface area (Å²) in [5, 5.41) is 4.21. The van der Waals surface area contributed by atoms with Crippen molar-refractivity contribution in [2.75, 3.05) is 13.1 Å². The fraction of sp³-hybridized carbons (Fsp3) is 0.556. The Hall–Kier alpha value is -2.44. The number of carbonyl (C=O) groups excluding carboxylic acids is 1. The smallest absolute Gasteiger partial charge is 0.410 e. The fourth-order valence-corrected chi connectivity index (χ4v) is 3.07. The van der Waals surface area contributed by atoms with Gasteiger partial charge in [-0.15, -0.1) is 0 Å². The van der Waals surface area contributed by atoms with Crippen molar-refractivity contribution in [1.29, 1.82) is 0 Å². The molecule has 3 rings (SSSR count). The Morgan fingerprint density at radius 3 is 2.76 bits per heavy atom. The Morgan fingerprint density at radius 2 is 2.08 bits per heavy atom.